The van der Waals surface area contributed by atoms with E-state index in [0.29, 0.717) is 4.90 Å². The van der Waals surface area contributed by atoms with E-state index in [4.69, 9.17) is 0 Å². The molecule has 0 amide bonds. The topological polar surface area (TPSA) is 83.3 Å². The molecule has 1 heterocycles. The summed E-state index contributed by atoms with van der Waals surface area (Å²) in [4.78, 5) is 22.8. The van der Waals surface area contributed by atoms with E-state index in [1.54, 1.807) is 6.08 Å². The van der Waals surface area contributed by atoms with Gasteiger partial charge in [0.2, 0.25) is 0 Å². The van der Waals surface area contributed by atoms with E-state index in [2.05, 4.69) is 0 Å². The average molecular weight is 320 g/mol. The molecule has 1 aromatic heterocycles. The van der Waals surface area contributed by atoms with Crippen molar-refractivity contribution in [3.05, 3.63) is 61.2 Å². The highest BCUT2D eigenvalue weighted by Crippen LogP contribution is 2.31. The minimum Gasteiger partial charge on any atom is -0.544 e. The van der Waals surface area contributed by atoms with Crippen molar-refractivity contribution in [3.63, 3.8) is 0 Å². The minimum absolute atomic E-state index is 0.0348. The number of carbonyl (C=O) groups is 1. The lowest BCUT2D eigenvalue weighted by Crippen LogP contribution is -2.22. The summed E-state index contributed by atoms with van der Waals surface area (Å²) in [7, 11) is 0. The largest absolute Gasteiger partial charge is 0.544 e. The number of nitro groups is 1. The van der Waals surface area contributed by atoms with Crippen molar-refractivity contribution in [2.75, 3.05) is 0 Å². The molecule has 2 aromatic rings. The maximum atomic E-state index is 11.2. The Kier molecular flexibility index (Phi) is 4.77. The summed E-state index contributed by atoms with van der Waals surface area (Å²) in [5.74, 6) is -1.27. The van der Waals surface area contributed by atoms with Crippen LogP contribution >= 0.6 is 23.1 Å². The molecule has 5 nitrogen and oxygen atoms in total. The van der Waals surface area contributed by atoms with Gasteiger partial charge in [0, 0.05) is 26.8 Å². The fourth-order valence-electron chi connectivity index (χ4n) is 1.54. The lowest BCUT2D eigenvalue weighted by atomic mass is 10.3. The Bertz CT molecular complexity index is 704. The van der Waals surface area contributed by atoms with Crippen LogP contribution in [-0.2, 0) is 4.79 Å². The van der Waals surface area contributed by atoms with Crippen LogP contribution in [-0.4, -0.2) is 10.9 Å². The molecule has 1 aromatic carbocycles. The van der Waals surface area contributed by atoms with Crippen molar-refractivity contribution in [1.29, 1.82) is 0 Å². The van der Waals surface area contributed by atoms with Crippen LogP contribution in [0, 0.1) is 17.0 Å². The molecule has 0 unspecified atom stereocenters. The zero-order valence-electron chi connectivity index (χ0n) is 10.9. The first kappa shape index (κ1) is 15.3. The second-order valence-corrected chi connectivity index (χ2v) is 6.18. The second-order valence-electron chi connectivity index (χ2n) is 4.12. The Morgan fingerprint density at radius 1 is 1.29 bits per heavy atom. The molecule has 0 bridgehead atoms. The first-order chi connectivity index (χ1) is 9.97. The maximum Gasteiger partial charge on any atom is 0.269 e. The van der Waals surface area contributed by atoms with Crippen molar-refractivity contribution >= 4 is 40.8 Å². The van der Waals surface area contributed by atoms with Crippen molar-refractivity contribution in [2.45, 2.75) is 11.8 Å². The van der Waals surface area contributed by atoms with Gasteiger partial charge in [0.25, 0.3) is 5.69 Å². The van der Waals surface area contributed by atoms with E-state index >= 15 is 0 Å². The number of carbonyl (C=O) groups excluding carboxylic acids is 1. The van der Waals surface area contributed by atoms with Gasteiger partial charge in [-0.25, -0.2) is 0 Å². The molecule has 0 saturated heterocycles. The van der Waals surface area contributed by atoms with E-state index in [0.717, 1.165) is 22.2 Å². The van der Waals surface area contributed by atoms with Gasteiger partial charge in [-0.15, -0.1) is 11.3 Å². The van der Waals surface area contributed by atoms with Crippen LogP contribution in [0.4, 0.5) is 5.69 Å². The molecule has 0 radical (unpaired) electrons. The Hall–Kier alpha value is -2.12. The standard InChI is InChI=1S/C14H11NO4S2/c1-9-6-7-20-12(9)8-13(14(16)17)21-11-4-2-10(3-5-11)15(18)19/h2-8H,1H3,(H,16,17)/p-1/b13-8+. The van der Waals surface area contributed by atoms with Gasteiger partial charge in [-0.05, 0) is 42.1 Å². The van der Waals surface area contributed by atoms with Gasteiger partial charge in [0.05, 0.1) is 10.9 Å². The van der Waals surface area contributed by atoms with Crippen LogP contribution in [0.2, 0.25) is 0 Å². The number of non-ortho nitro benzene ring substituents is 1. The van der Waals surface area contributed by atoms with Crippen LogP contribution in [0.3, 0.4) is 0 Å². The Labute approximate surface area is 129 Å². The third kappa shape index (κ3) is 3.93. The number of aliphatic carboxylic acids is 1. The molecule has 0 fully saturated rings. The normalized spacial score (nSPS) is 11.4. The first-order valence-corrected chi connectivity index (χ1v) is 7.56. The summed E-state index contributed by atoms with van der Waals surface area (Å²) < 4.78 is 0. The summed E-state index contributed by atoms with van der Waals surface area (Å²) in [5, 5.41) is 23.7. The smallest absolute Gasteiger partial charge is 0.269 e. The zero-order valence-corrected chi connectivity index (χ0v) is 12.6. The number of aryl methyl sites for hydroxylation is 1. The van der Waals surface area contributed by atoms with Crippen LogP contribution in [0.15, 0.2) is 45.5 Å². The van der Waals surface area contributed by atoms with E-state index in [-0.39, 0.29) is 10.6 Å². The van der Waals surface area contributed by atoms with Gasteiger partial charge in [-0.3, -0.25) is 10.1 Å². The number of hydrogen-bond acceptors (Lipinski definition) is 6. The van der Waals surface area contributed by atoms with Gasteiger partial charge < -0.3 is 9.90 Å². The number of rotatable bonds is 5. The number of nitro benzene ring substituents is 1. The van der Waals surface area contributed by atoms with Crippen LogP contribution < -0.4 is 5.11 Å². The highest BCUT2D eigenvalue weighted by atomic mass is 32.2. The van der Waals surface area contributed by atoms with Crippen LogP contribution in [0.1, 0.15) is 10.4 Å². The quantitative estimate of drug-likeness (QED) is 0.366. The molecule has 2 rings (SSSR count). The third-order valence-electron chi connectivity index (χ3n) is 2.64. The number of thiophene rings is 1. The number of thioether (sulfide) groups is 1. The summed E-state index contributed by atoms with van der Waals surface area (Å²) >= 11 is 2.45. The summed E-state index contributed by atoms with van der Waals surface area (Å²) in [6, 6.07) is 7.61. The predicted molar refractivity (Wildman–Crippen MR) is 81.0 cm³/mol. The number of carboxylic acids is 1. The molecular weight excluding hydrogens is 310 g/mol. The summed E-state index contributed by atoms with van der Waals surface area (Å²) in [5.41, 5.74) is 0.954. The van der Waals surface area contributed by atoms with Crippen molar-refractivity contribution < 1.29 is 14.8 Å². The molecule has 0 atom stereocenters. The first-order valence-electron chi connectivity index (χ1n) is 5.87. The SMILES string of the molecule is Cc1ccsc1/C=C(/Sc1ccc([N+](=O)[O-])cc1)C(=O)[O-]. The van der Waals surface area contributed by atoms with E-state index in [1.165, 1.54) is 35.6 Å². The number of carboxylic acid groups (broad SMARTS) is 1. The van der Waals surface area contributed by atoms with Gasteiger partial charge in [0.1, 0.15) is 0 Å². The van der Waals surface area contributed by atoms with Gasteiger partial charge >= 0.3 is 0 Å². The highest BCUT2D eigenvalue weighted by molar-refractivity contribution is 8.04. The van der Waals surface area contributed by atoms with Gasteiger partial charge in [-0.1, -0.05) is 11.8 Å². The fourth-order valence-corrected chi connectivity index (χ4v) is 3.26. The maximum absolute atomic E-state index is 11.2. The molecule has 7 heteroatoms. The molecule has 0 N–H and O–H groups in total. The Morgan fingerprint density at radius 2 is 1.95 bits per heavy atom. The molecule has 0 saturated carbocycles. The average Bonchev–Trinajstić information content (AvgIpc) is 2.84. The molecule has 21 heavy (non-hydrogen) atoms. The predicted octanol–water partition coefficient (Wildman–Crippen LogP) is 2.85. The highest BCUT2D eigenvalue weighted by Gasteiger charge is 2.08. The van der Waals surface area contributed by atoms with E-state index in [1.807, 2.05) is 18.4 Å². The Morgan fingerprint density at radius 3 is 2.43 bits per heavy atom. The van der Waals surface area contributed by atoms with Crippen molar-refractivity contribution in [2.24, 2.45) is 0 Å². The second kappa shape index (κ2) is 6.55. The van der Waals surface area contributed by atoms with Gasteiger partial charge in [0.15, 0.2) is 0 Å². The lowest BCUT2D eigenvalue weighted by molar-refractivity contribution is -0.384. The molecule has 0 aliphatic rings. The summed E-state index contributed by atoms with van der Waals surface area (Å²) in [6.45, 7) is 1.89. The van der Waals surface area contributed by atoms with E-state index < -0.39 is 10.9 Å². The molecule has 0 spiro atoms. The molecule has 108 valence electrons. The monoisotopic (exact) mass is 320 g/mol. The van der Waals surface area contributed by atoms with Crippen LogP contribution in [0.5, 0.6) is 0 Å². The number of hydrogen-bond donors (Lipinski definition) is 0. The molecular formula is C14H10NO4S2-. The number of benzene rings is 1. The number of nitrogens with zero attached hydrogens (tertiary/aromatic N) is 1. The van der Waals surface area contributed by atoms with E-state index in [9.17, 15) is 20.0 Å². The van der Waals surface area contributed by atoms with Crippen molar-refractivity contribution in [3.8, 4) is 0 Å². The molecule has 0 aliphatic carbocycles. The zero-order chi connectivity index (χ0) is 15.4. The van der Waals surface area contributed by atoms with Gasteiger partial charge in [-0.2, -0.15) is 0 Å². The van der Waals surface area contributed by atoms with Crippen molar-refractivity contribution in [1.82, 2.24) is 0 Å². The molecule has 0 aliphatic heterocycles. The Balaban J connectivity index is 2.25. The third-order valence-corrected chi connectivity index (χ3v) is 4.62. The summed E-state index contributed by atoms with van der Waals surface area (Å²) in [6.07, 6.45) is 1.56. The minimum atomic E-state index is -1.27. The lowest BCUT2D eigenvalue weighted by Gasteiger charge is -2.08. The van der Waals surface area contributed by atoms with Crippen LogP contribution in [0.25, 0.3) is 6.08 Å². The fraction of sp³-hybridized carbons (Fsp3) is 0.0714.